The summed E-state index contributed by atoms with van der Waals surface area (Å²) in [5.74, 6) is 3.30. The van der Waals surface area contributed by atoms with Gasteiger partial charge in [-0.3, -0.25) is 5.32 Å². The molecule has 1 aromatic heterocycles. The predicted octanol–water partition coefficient (Wildman–Crippen LogP) is -0.289. The molecule has 0 aliphatic heterocycles. The second kappa shape index (κ2) is 4.58. The molecular formula is C8H13N5. The molecule has 1 heterocycles. The van der Waals surface area contributed by atoms with Crippen molar-refractivity contribution in [2.45, 2.75) is 25.9 Å². The molecule has 1 rings (SSSR count). The smallest absolute Gasteiger partial charge is 0.188 e. The summed E-state index contributed by atoms with van der Waals surface area (Å²) in [4.78, 5) is 1.42. The molecule has 0 aliphatic carbocycles. The highest BCUT2D eigenvalue weighted by Gasteiger charge is 2.03. The highest BCUT2D eigenvalue weighted by Crippen LogP contribution is 1.90. The van der Waals surface area contributed by atoms with Gasteiger partial charge in [-0.2, -0.15) is 4.80 Å². The first-order valence-electron chi connectivity index (χ1n) is 4.18. The quantitative estimate of drug-likeness (QED) is 0.645. The second-order valence-corrected chi connectivity index (χ2v) is 2.70. The van der Waals surface area contributed by atoms with Crippen LogP contribution in [0.3, 0.4) is 0 Å². The summed E-state index contributed by atoms with van der Waals surface area (Å²) in [6.45, 7) is 2.60. The molecule has 0 spiro atoms. The average Bonchev–Trinajstić information content (AvgIpc) is 2.53. The van der Waals surface area contributed by atoms with Gasteiger partial charge in [-0.15, -0.1) is 16.6 Å². The molecule has 5 heteroatoms. The Morgan fingerprint density at radius 2 is 2.46 bits per heavy atom. The van der Waals surface area contributed by atoms with Crippen molar-refractivity contribution in [2.75, 3.05) is 0 Å². The van der Waals surface area contributed by atoms with Crippen LogP contribution in [0.4, 0.5) is 0 Å². The Labute approximate surface area is 77.5 Å². The maximum absolute atomic E-state index is 5.28. The molecule has 13 heavy (non-hydrogen) atoms. The summed E-state index contributed by atoms with van der Waals surface area (Å²) in [6, 6.07) is 0.0869. The van der Waals surface area contributed by atoms with E-state index in [2.05, 4.69) is 26.6 Å². The van der Waals surface area contributed by atoms with Crippen LogP contribution < -0.4 is 5.32 Å². The van der Waals surface area contributed by atoms with E-state index in [9.17, 15) is 0 Å². The summed E-state index contributed by atoms with van der Waals surface area (Å²) in [5, 5.41) is 14.7. The molecule has 1 unspecified atom stereocenters. The van der Waals surface area contributed by atoms with Crippen molar-refractivity contribution < 1.29 is 0 Å². The highest BCUT2D eigenvalue weighted by molar-refractivity contribution is 4.98. The topological polar surface area (TPSA) is 55.6 Å². The van der Waals surface area contributed by atoms with Gasteiger partial charge in [-0.25, -0.2) is 0 Å². The number of rotatable bonds is 4. The standard InChI is InChI=1S/C8H13N5/c1-4-7(5-2)9-6-8-10-12-13(3)11-8/h1,7,9H,5-6H2,2-3H3. The average molecular weight is 179 g/mol. The normalized spacial score (nSPS) is 12.4. The summed E-state index contributed by atoms with van der Waals surface area (Å²) >= 11 is 0. The molecule has 0 aliphatic rings. The first-order valence-corrected chi connectivity index (χ1v) is 4.18. The predicted molar refractivity (Wildman–Crippen MR) is 48.5 cm³/mol. The van der Waals surface area contributed by atoms with E-state index in [1.54, 1.807) is 7.05 Å². The SMILES string of the molecule is C#CC(CC)NCc1nnn(C)n1. The Hall–Kier alpha value is -1.41. The molecule has 1 atom stereocenters. The number of tetrazole rings is 1. The minimum absolute atomic E-state index is 0.0869. The van der Waals surface area contributed by atoms with Gasteiger partial charge >= 0.3 is 0 Å². The monoisotopic (exact) mass is 179 g/mol. The summed E-state index contributed by atoms with van der Waals surface area (Å²) in [5.41, 5.74) is 0. The number of hydrogen-bond donors (Lipinski definition) is 1. The van der Waals surface area contributed by atoms with Crippen LogP contribution in [0, 0.1) is 12.3 Å². The van der Waals surface area contributed by atoms with Gasteiger partial charge in [0.1, 0.15) is 0 Å². The van der Waals surface area contributed by atoms with Gasteiger partial charge in [0.05, 0.1) is 19.6 Å². The Kier molecular flexibility index (Phi) is 3.41. The van der Waals surface area contributed by atoms with Crippen LogP contribution in [0.1, 0.15) is 19.2 Å². The van der Waals surface area contributed by atoms with E-state index >= 15 is 0 Å². The molecule has 0 saturated carbocycles. The molecule has 70 valence electrons. The fraction of sp³-hybridized carbons (Fsp3) is 0.625. The summed E-state index contributed by atoms with van der Waals surface area (Å²) < 4.78 is 0. The van der Waals surface area contributed by atoms with Crippen LogP contribution in [0.2, 0.25) is 0 Å². The van der Waals surface area contributed by atoms with Crippen molar-refractivity contribution in [1.29, 1.82) is 0 Å². The van der Waals surface area contributed by atoms with Gasteiger partial charge in [-0.05, 0) is 11.6 Å². The van der Waals surface area contributed by atoms with Crippen molar-refractivity contribution in [2.24, 2.45) is 7.05 Å². The van der Waals surface area contributed by atoms with E-state index in [0.29, 0.717) is 12.4 Å². The third-order valence-corrected chi connectivity index (χ3v) is 1.67. The minimum Gasteiger partial charge on any atom is -0.296 e. The highest BCUT2D eigenvalue weighted by atomic mass is 15.6. The molecule has 0 fully saturated rings. The third-order valence-electron chi connectivity index (χ3n) is 1.67. The van der Waals surface area contributed by atoms with Gasteiger partial charge in [0.2, 0.25) is 0 Å². The molecule has 0 amide bonds. The first kappa shape index (κ1) is 9.68. The molecule has 0 bridgehead atoms. The van der Waals surface area contributed by atoms with Gasteiger partial charge in [0, 0.05) is 0 Å². The van der Waals surface area contributed by atoms with Crippen LogP contribution in [0.25, 0.3) is 0 Å². The third kappa shape index (κ3) is 2.84. The van der Waals surface area contributed by atoms with Gasteiger partial charge in [0.15, 0.2) is 5.82 Å². The maximum atomic E-state index is 5.28. The minimum atomic E-state index is 0.0869. The molecule has 0 saturated heterocycles. The zero-order chi connectivity index (χ0) is 9.68. The lowest BCUT2D eigenvalue weighted by Crippen LogP contribution is -2.26. The fourth-order valence-electron chi connectivity index (χ4n) is 0.930. The van der Waals surface area contributed by atoms with Crippen LogP contribution in [-0.2, 0) is 13.6 Å². The summed E-state index contributed by atoms with van der Waals surface area (Å²) in [6.07, 6.45) is 6.18. The van der Waals surface area contributed by atoms with Crippen molar-refractivity contribution >= 4 is 0 Å². The van der Waals surface area contributed by atoms with Gasteiger partial charge in [0.25, 0.3) is 0 Å². The van der Waals surface area contributed by atoms with E-state index in [1.165, 1.54) is 4.80 Å². The maximum Gasteiger partial charge on any atom is 0.188 e. The van der Waals surface area contributed by atoms with Gasteiger partial charge < -0.3 is 0 Å². The van der Waals surface area contributed by atoms with Crippen molar-refractivity contribution in [3.8, 4) is 12.3 Å². The number of terminal acetylenes is 1. The Morgan fingerprint density at radius 1 is 1.69 bits per heavy atom. The van der Waals surface area contributed by atoms with Crippen LogP contribution in [0.5, 0.6) is 0 Å². The number of hydrogen-bond acceptors (Lipinski definition) is 4. The van der Waals surface area contributed by atoms with Crippen molar-refractivity contribution in [1.82, 2.24) is 25.5 Å². The zero-order valence-corrected chi connectivity index (χ0v) is 7.86. The van der Waals surface area contributed by atoms with Crippen molar-refractivity contribution in [3.05, 3.63) is 5.82 Å². The lowest BCUT2D eigenvalue weighted by molar-refractivity contribution is 0.572. The van der Waals surface area contributed by atoms with Crippen LogP contribution in [-0.4, -0.2) is 26.2 Å². The van der Waals surface area contributed by atoms with E-state index in [4.69, 9.17) is 6.42 Å². The fourth-order valence-corrected chi connectivity index (χ4v) is 0.930. The zero-order valence-electron chi connectivity index (χ0n) is 7.86. The Balaban J connectivity index is 2.39. The Morgan fingerprint density at radius 3 is 2.92 bits per heavy atom. The number of aromatic nitrogens is 4. The molecule has 5 nitrogen and oxygen atoms in total. The number of nitrogens with one attached hydrogen (secondary N) is 1. The lowest BCUT2D eigenvalue weighted by Gasteiger charge is -2.06. The lowest BCUT2D eigenvalue weighted by atomic mass is 10.2. The molecule has 0 aromatic carbocycles. The first-order chi connectivity index (χ1) is 6.26. The number of nitrogens with zero attached hydrogens (tertiary/aromatic N) is 4. The van der Waals surface area contributed by atoms with E-state index in [0.717, 1.165) is 6.42 Å². The van der Waals surface area contributed by atoms with Crippen LogP contribution >= 0.6 is 0 Å². The molecule has 1 aromatic rings. The van der Waals surface area contributed by atoms with E-state index in [1.807, 2.05) is 6.92 Å². The molecule has 0 radical (unpaired) electrons. The van der Waals surface area contributed by atoms with Gasteiger partial charge in [-0.1, -0.05) is 12.8 Å². The van der Waals surface area contributed by atoms with E-state index < -0.39 is 0 Å². The second-order valence-electron chi connectivity index (χ2n) is 2.70. The molecular weight excluding hydrogens is 166 g/mol. The van der Waals surface area contributed by atoms with E-state index in [-0.39, 0.29) is 6.04 Å². The Bertz CT molecular complexity index is 298. The largest absolute Gasteiger partial charge is 0.296 e. The number of aryl methyl sites for hydroxylation is 1. The van der Waals surface area contributed by atoms with Crippen molar-refractivity contribution in [3.63, 3.8) is 0 Å². The summed E-state index contributed by atoms with van der Waals surface area (Å²) in [7, 11) is 1.73. The van der Waals surface area contributed by atoms with Crippen LogP contribution in [0.15, 0.2) is 0 Å². The molecule has 1 N–H and O–H groups in total.